The van der Waals surface area contributed by atoms with Crippen LogP contribution in [0.4, 0.5) is 5.69 Å². The Bertz CT molecular complexity index is 371. The molecule has 0 unspecified atom stereocenters. The Hall–Kier alpha value is -0.730. The molecule has 0 amide bonds. The third kappa shape index (κ3) is 5.34. The first-order valence-corrected chi connectivity index (χ1v) is 7.82. The van der Waals surface area contributed by atoms with E-state index < -0.39 is 0 Å². The maximum absolute atomic E-state index is 3.62. The second kappa shape index (κ2) is 9.25. The second-order valence-corrected chi connectivity index (χ2v) is 5.92. The SMILES string of the molecule is CC(C)c1ccccc1NCCN1CCCCCC1.Cl. The minimum atomic E-state index is 0. The molecule has 1 fully saturated rings. The average molecular weight is 297 g/mol. The van der Waals surface area contributed by atoms with E-state index in [0.717, 1.165) is 6.54 Å². The van der Waals surface area contributed by atoms with Crippen LogP contribution >= 0.6 is 12.4 Å². The van der Waals surface area contributed by atoms with Gasteiger partial charge in [-0.2, -0.15) is 0 Å². The molecular weight excluding hydrogens is 268 g/mol. The van der Waals surface area contributed by atoms with Gasteiger partial charge in [-0.05, 0) is 43.5 Å². The number of benzene rings is 1. The van der Waals surface area contributed by atoms with Gasteiger partial charge in [0.15, 0.2) is 0 Å². The van der Waals surface area contributed by atoms with Crippen molar-refractivity contribution in [2.45, 2.75) is 45.4 Å². The predicted molar refractivity (Wildman–Crippen MR) is 91.2 cm³/mol. The Kier molecular flexibility index (Phi) is 8.01. The van der Waals surface area contributed by atoms with Crippen molar-refractivity contribution in [3.05, 3.63) is 29.8 Å². The fraction of sp³-hybridized carbons (Fsp3) is 0.647. The van der Waals surface area contributed by atoms with Gasteiger partial charge in [-0.15, -0.1) is 12.4 Å². The molecule has 1 saturated heterocycles. The number of hydrogen-bond acceptors (Lipinski definition) is 2. The molecule has 3 heteroatoms. The zero-order valence-corrected chi connectivity index (χ0v) is 13.7. The molecule has 0 aliphatic carbocycles. The summed E-state index contributed by atoms with van der Waals surface area (Å²) in [6, 6.07) is 8.70. The number of para-hydroxylation sites is 1. The van der Waals surface area contributed by atoms with E-state index in [1.807, 2.05) is 0 Å². The summed E-state index contributed by atoms with van der Waals surface area (Å²) in [5.74, 6) is 0.585. The quantitative estimate of drug-likeness (QED) is 0.859. The first kappa shape index (κ1) is 17.3. The van der Waals surface area contributed by atoms with Crippen LogP contribution in [0.5, 0.6) is 0 Å². The van der Waals surface area contributed by atoms with Crippen LogP contribution in [0.15, 0.2) is 24.3 Å². The van der Waals surface area contributed by atoms with Crippen LogP contribution in [-0.2, 0) is 0 Å². The van der Waals surface area contributed by atoms with Crippen molar-refractivity contribution >= 4 is 18.1 Å². The lowest BCUT2D eigenvalue weighted by Crippen LogP contribution is -2.30. The highest BCUT2D eigenvalue weighted by molar-refractivity contribution is 5.85. The molecule has 0 atom stereocenters. The summed E-state index contributed by atoms with van der Waals surface area (Å²) in [6.45, 7) is 9.32. The lowest BCUT2D eigenvalue weighted by Gasteiger charge is -2.21. The maximum atomic E-state index is 3.62. The number of likely N-dealkylation sites (tertiary alicyclic amines) is 1. The average Bonchev–Trinajstić information content (AvgIpc) is 2.68. The van der Waals surface area contributed by atoms with Crippen molar-refractivity contribution in [1.82, 2.24) is 4.90 Å². The van der Waals surface area contributed by atoms with E-state index in [4.69, 9.17) is 0 Å². The highest BCUT2D eigenvalue weighted by Gasteiger charge is 2.09. The molecule has 0 saturated carbocycles. The van der Waals surface area contributed by atoms with Gasteiger partial charge in [-0.1, -0.05) is 44.9 Å². The molecular formula is C17H29ClN2. The van der Waals surface area contributed by atoms with Gasteiger partial charge in [0.05, 0.1) is 0 Å². The van der Waals surface area contributed by atoms with Crippen molar-refractivity contribution in [3.8, 4) is 0 Å². The Morgan fingerprint density at radius 1 is 1.05 bits per heavy atom. The Labute approximate surface area is 130 Å². The van der Waals surface area contributed by atoms with Gasteiger partial charge in [0.1, 0.15) is 0 Å². The van der Waals surface area contributed by atoms with Crippen LogP contribution < -0.4 is 5.32 Å². The number of anilines is 1. The summed E-state index contributed by atoms with van der Waals surface area (Å²) in [5, 5.41) is 3.62. The number of nitrogens with zero attached hydrogens (tertiary/aromatic N) is 1. The molecule has 114 valence electrons. The van der Waals surface area contributed by atoms with Crippen molar-refractivity contribution in [1.29, 1.82) is 0 Å². The van der Waals surface area contributed by atoms with Crippen LogP contribution in [0.1, 0.15) is 51.0 Å². The molecule has 0 spiro atoms. The molecule has 0 aromatic heterocycles. The van der Waals surface area contributed by atoms with E-state index in [0.29, 0.717) is 5.92 Å². The fourth-order valence-corrected chi connectivity index (χ4v) is 2.87. The number of halogens is 1. The summed E-state index contributed by atoms with van der Waals surface area (Å²) in [6.07, 6.45) is 5.59. The number of rotatable bonds is 5. The zero-order chi connectivity index (χ0) is 13.5. The molecule has 1 heterocycles. The van der Waals surface area contributed by atoms with E-state index >= 15 is 0 Å². The monoisotopic (exact) mass is 296 g/mol. The standard InChI is InChI=1S/C17H28N2.ClH/c1-15(2)16-9-5-6-10-17(16)18-11-14-19-12-7-3-4-8-13-19;/h5-6,9-10,15,18H,3-4,7-8,11-14H2,1-2H3;1H. The van der Waals surface area contributed by atoms with Gasteiger partial charge in [0.25, 0.3) is 0 Å². The highest BCUT2D eigenvalue weighted by atomic mass is 35.5. The molecule has 20 heavy (non-hydrogen) atoms. The largest absolute Gasteiger partial charge is 0.384 e. The second-order valence-electron chi connectivity index (χ2n) is 5.92. The number of nitrogens with one attached hydrogen (secondary N) is 1. The molecule has 1 aliphatic heterocycles. The van der Waals surface area contributed by atoms with Crippen molar-refractivity contribution in [3.63, 3.8) is 0 Å². The topological polar surface area (TPSA) is 15.3 Å². The van der Waals surface area contributed by atoms with Crippen molar-refractivity contribution < 1.29 is 0 Å². The summed E-state index contributed by atoms with van der Waals surface area (Å²) in [5.41, 5.74) is 2.74. The Morgan fingerprint density at radius 3 is 2.35 bits per heavy atom. The van der Waals surface area contributed by atoms with Gasteiger partial charge in [0, 0.05) is 18.8 Å². The van der Waals surface area contributed by atoms with E-state index in [1.54, 1.807) is 0 Å². The zero-order valence-electron chi connectivity index (χ0n) is 12.9. The van der Waals surface area contributed by atoms with Crippen molar-refractivity contribution in [2.24, 2.45) is 0 Å². The molecule has 1 N–H and O–H groups in total. The van der Waals surface area contributed by atoms with Gasteiger partial charge >= 0.3 is 0 Å². The van der Waals surface area contributed by atoms with Crippen LogP contribution in [-0.4, -0.2) is 31.1 Å². The van der Waals surface area contributed by atoms with Gasteiger partial charge in [-0.3, -0.25) is 0 Å². The highest BCUT2D eigenvalue weighted by Crippen LogP contribution is 2.23. The minimum Gasteiger partial charge on any atom is -0.384 e. The van der Waals surface area contributed by atoms with Crippen LogP contribution in [0.3, 0.4) is 0 Å². The molecule has 1 aromatic carbocycles. The number of hydrogen-bond donors (Lipinski definition) is 1. The molecule has 1 aliphatic rings. The summed E-state index contributed by atoms with van der Waals surface area (Å²) in [7, 11) is 0. The lowest BCUT2D eigenvalue weighted by molar-refractivity contribution is 0.296. The molecule has 2 rings (SSSR count). The molecule has 0 radical (unpaired) electrons. The van der Waals surface area contributed by atoms with E-state index in [-0.39, 0.29) is 12.4 Å². The van der Waals surface area contributed by atoms with E-state index in [9.17, 15) is 0 Å². The van der Waals surface area contributed by atoms with E-state index in [1.165, 1.54) is 56.6 Å². The lowest BCUT2D eigenvalue weighted by atomic mass is 10.0. The first-order chi connectivity index (χ1) is 9.27. The van der Waals surface area contributed by atoms with Crippen LogP contribution in [0, 0.1) is 0 Å². The van der Waals surface area contributed by atoms with Crippen LogP contribution in [0.25, 0.3) is 0 Å². The van der Waals surface area contributed by atoms with Gasteiger partial charge in [0.2, 0.25) is 0 Å². The fourth-order valence-electron chi connectivity index (χ4n) is 2.87. The summed E-state index contributed by atoms with van der Waals surface area (Å²) < 4.78 is 0. The molecule has 1 aromatic rings. The molecule has 0 bridgehead atoms. The Morgan fingerprint density at radius 2 is 1.70 bits per heavy atom. The minimum absolute atomic E-state index is 0. The maximum Gasteiger partial charge on any atom is 0.0375 e. The molecule has 2 nitrogen and oxygen atoms in total. The van der Waals surface area contributed by atoms with E-state index in [2.05, 4.69) is 48.3 Å². The van der Waals surface area contributed by atoms with Crippen LogP contribution in [0.2, 0.25) is 0 Å². The third-order valence-electron chi connectivity index (χ3n) is 4.02. The van der Waals surface area contributed by atoms with Gasteiger partial charge in [-0.25, -0.2) is 0 Å². The first-order valence-electron chi connectivity index (χ1n) is 7.82. The van der Waals surface area contributed by atoms with Gasteiger partial charge < -0.3 is 10.2 Å². The third-order valence-corrected chi connectivity index (χ3v) is 4.02. The smallest absolute Gasteiger partial charge is 0.0375 e. The summed E-state index contributed by atoms with van der Waals surface area (Å²) >= 11 is 0. The summed E-state index contributed by atoms with van der Waals surface area (Å²) in [4.78, 5) is 2.61. The van der Waals surface area contributed by atoms with Crippen molar-refractivity contribution in [2.75, 3.05) is 31.5 Å². The predicted octanol–water partition coefficient (Wildman–Crippen LogP) is 4.52. The Balaban J connectivity index is 0.00000200. The normalized spacial score (nSPS) is 16.6.